The maximum atomic E-state index is 12.9. The highest BCUT2D eigenvalue weighted by Crippen LogP contribution is 2.33. The van der Waals surface area contributed by atoms with Crippen molar-refractivity contribution in [2.45, 2.75) is 25.9 Å². The van der Waals surface area contributed by atoms with Gasteiger partial charge >= 0.3 is 12.1 Å². The number of carbonyl (C=O) groups is 1. The largest absolute Gasteiger partial charge is 0.476 e. The van der Waals surface area contributed by atoms with Crippen molar-refractivity contribution in [3.63, 3.8) is 0 Å². The molecule has 0 atom stereocenters. The zero-order chi connectivity index (χ0) is 15.1. The van der Waals surface area contributed by atoms with E-state index in [0.717, 1.165) is 11.3 Å². The van der Waals surface area contributed by atoms with E-state index in [2.05, 4.69) is 20.5 Å². The molecule has 0 radical (unpaired) electrons. The summed E-state index contributed by atoms with van der Waals surface area (Å²) in [6.07, 6.45) is -4.92. The Kier molecular flexibility index (Phi) is 3.46. The van der Waals surface area contributed by atoms with E-state index >= 15 is 0 Å². The third-order valence-corrected chi connectivity index (χ3v) is 3.45. The molecule has 11 heteroatoms. The summed E-state index contributed by atoms with van der Waals surface area (Å²) >= 11 is 0.895. The maximum Gasteiger partial charge on any atom is 0.436 e. The van der Waals surface area contributed by atoms with Gasteiger partial charge in [-0.3, -0.25) is 0 Å². The molecule has 0 aliphatic rings. The fraction of sp³-hybridized carbons (Fsp3) is 0.444. The van der Waals surface area contributed by atoms with E-state index in [1.807, 2.05) is 0 Å². The number of carboxylic acids is 1. The third-order valence-electron chi connectivity index (χ3n) is 2.25. The first-order valence-electron chi connectivity index (χ1n) is 5.31. The van der Waals surface area contributed by atoms with Crippen LogP contribution in [0.1, 0.15) is 41.0 Å². The van der Waals surface area contributed by atoms with Gasteiger partial charge in [-0.05, 0) is 0 Å². The smallest absolute Gasteiger partial charge is 0.436 e. The van der Waals surface area contributed by atoms with E-state index in [-0.39, 0.29) is 11.0 Å². The standard InChI is InChI=1S/C9H8F3N5O2S/c1-3(2)6-14-15-8(20-6)17-5(9(10,11)12)4(7(18)19)13-16-17/h3H,1-2H3,(H,18,19). The van der Waals surface area contributed by atoms with Gasteiger partial charge in [0.15, 0.2) is 5.69 Å². The Balaban J connectivity index is 2.59. The molecule has 2 rings (SSSR count). The number of hydrogen-bond acceptors (Lipinski definition) is 6. The van der Waals surface area contributed by atoms with Crippen LogP contribution >= 0.6 is 11.3 Å². The lowest BCUT2D eigenvalue weighted by Crippen LogP contribution is -2.17. The van der Waals surface area contributed by atoms with E-state index in [0.29, 0.717) is 9.69 Å². The predicted molar refractivity (Wildman–Crippen MR) is 60.9 cm³/mol. The summed E-state index contributed by atoms with van der Waals surface area (Å²) in [5, 5.41) is 22.7. The van der Waals surface area contributed by atoms with Gasteiger partial charge in [0, 0.05) is 5.92 Å². The van der Waals surface area contributed by atoms with Crippen molar-refractivity contribution >= 4 is 17.3 Å². The Hall–Kier alpha value is -2.04. The Labute approximate surface area is 114 Å². The first kappa shape index (κ1) is 14.4. The number of carboxylic acid groups (broad SMARTS) is 1. The van der Waals surface area contributed by atoms with Gasteiger partial charge < -0.3 is 5.11 Å². The molecule has 0 aliphatic heterocycles. The van der Waals surface area contributed by atoms with Crippen LogP contribution < -0.4 is 0 Å². The number of hydrogen-bond donors (Lipinski definition) is 1. The van der Waals surface area contributed by atoms with E-state index < -0.39 is 23.5 Å². The highest BCUT2D eigenvalue weighted by molar-refractivity contribution is 7.13. The third kappa shape index (κ3) is 2.48. The number of halogens is 3. The molecule has 20 heavy (non-hydrogen) atoms. The zero-order valence-electron chi connectivity index (χ0n) is 10.2. The van der Waals surface area contributed by atoms with Gasteiger partial charge in [0.05, 0.1) is 0 Å². The van der Waals surface area contributed by atoms with E-state index in [1.54, 1.807) is 13.8 Å². The van der Waals surface area contributed by atoms with Gasteiger partial charge in [-0.1, -0.05) is 30.4 Å². The fourth-order valence-corrected chi connectivity index (χ4v) is 2.16. The predicted octanol–water partition coefficient (Wildman–Crippen LogP) is 1.96. The number of aromatic nitrogens is 5. The number of rotatable bonds is 3. The highest BCUT2D eigenvalue weighted by Gasteiger charge is 2.42. The van der Waals surface area contributed by atoms with Crippen LogP contribution in [-0.4, -0.2) is 36.3 Å². The lowest BCUT2D eigenvalue weighted by molar-refractivity contribution is -0.143. The molecule has 0 aliphatic carbocycles. The van der Waals surface area contributed by atoms with Crippen LogP contribution in [0.2, 0.25) is 0 Å². The van der Waals surface area contributed by atoms with Gasteiger partial charge in [-0.15, -0.1) is 15.3 Å². The lowest BCUT2D eigenvalue weighted by Gasteiger charge is -2.07. The van der Waals surface area contributed by atoms with Crippen molar-refractivity contribution in [2.24, 2.45) is 0 Å². The number of alkyl halides is 3. The minimum atomic E-state index is -4.92. The van der Waals surface area contributed by atoms with Crippen molar-refractivity contribution in [1.29, 1.82) is 0 Å². The first-order chi connectivity index (χ1) is 9.21. The summed E-state index contributed by atoms with van der Waals surface area (Å²) in [7, 11) is 0. The first-order valence-corrected chi connectivity index (χ1v) is 6.13. The van der Waals surface area contributed by atoms with Crippen LogP contribution in [0.3, 0.4) is 0 Å². The van der Waals surface area contributed by atoms with Crippen LogP contribution in [-0.2, 0) is 6.18 Å². The van der Waals surface area contributed by atoms with E-state index in [1.165, 1.54) is 0 Å². The van der Waals surface area contributed by atoms with Crippen LogP contribution in [0, 0.1) is 0 Å². The lowest BCUT2D eigenvalue weighted by atomic mass is 10.2. The van der Waals surface area contributed by atoms with Gasteiger partial charge in [0.1, 0.15) is 5.01 Å². The molecule has 0 unspecified atom stereocenters. The summed E-state index contributed by atoms with van der Waals surface area (Å²) in [5.74, 6) is -1.82. The summed E-state index contributed by atoms with van der Waals surface area (Å²) in [5.41, 5.74) is -2.64. The molecule has 2 aromatic rings. The molecule has 7 nitrogen and oxygen atoms in total. The minimum absolute atomic E-state index is 0.0157. The zero-order valence-corrected chi connectivity index (χ0v) is 11.0. The molecule has 0 fully saturated rings. The maximum absolute atomic E-state index is 12.9. The van der Waals surface area contributed by atoms with E-state index in [9.17, 15) is 18.0 Å². The highest BCUT2D eigenvalue weighted by atomic mass is 32.1. The Morgan fingerprint density at radius 1 is 1.30 bits per heavy atom. The van der Waals surface area contributed by atoms with Gasteiger partial charge in [-0.25, -0.2) is 4.79 Å². The molecule has 0 spiro atoms. The Morgan fingerprint density at radius 3 is 2.40 bits per heavy atom. The minimum Gasteiger partial charge on any atom is -0.476 e. The SMILES string of the molecule is CC(C)c1nnc(-n2nnc(C(=O)O)c2C(F)(F)F)s1. The summed E-state index contributed by atoms with van der Waals surface area (Å²) < 4.78 is 39.2. The molecule has 1 N–H and O–H groups in total. The molecule has 0 bridgehead atoms. The molecule has 0 saturated heterocycles. The average molecular weight is 307 g/mol. The molecular weight excluding hydrogens is 299 g/mol. The van der Waals surface area contributed by atoms with Crippen LogP contribution in [0.15, 0.2) is 0 Å². The van der Waals surface area contributed by atoms with Crippen molar-refractivity contribution in [1.82, 2.24) is 25.2 Å². The molecule has 0 amide bonds. The average Bonchev–Trinajstić information content (AvgIpc) is 2.94. The Bertz CT molecular complexity index is 648. The van der Waals surface area contributed by atoms with Crippen molar-refractivity contribution in [2.75, 3.05) is 0 Å². The van der Waals surface area contributed by atoms with Crippen molar-refractivity contribution in [3.05, 3.63) is 16.4 Å². The Morgan fingerprint density at radius 2 is 1.95 bits per heavy atom. The molecule has 108 valence electrons. The van der Waals surface area contributed by atoms with Crippen LogP contribution in [0.4, 0.5) is 13.2 Å². The van der Waals surface area contributed by atoms with Crippen LogP contribution in [0.5, 0.6) is 0 Å². The summed E-state index contributed by atoms with van der Waals surface area (Å²) in [4.78, 5) is 10.8. The molecule has 2 heterocycles. The second-order valence-corrected chi connectivity index (χ2v) is 5.07. The normalized spacial score (nSPS) is 12.1. The summed E-state index contributed by atoms with van der Waals surface area (Å²) in [6, 6.07) is 0. The molecular formula is C9H8F3N5O2S. The van der Waals surface area contributed by atoms with Crippen molar-refractivity contribution < 1.29 is 23.1 Å². The monoisotopic (exact) mass is 307 g/mol. The van der Waals surface area contributed by atoms with E-state index in [4.69, 9.17) is 5.11 Å². The topological polar surface area (TPSA) is 93.8 Å². The second-order valence-electron chi connectivity index (χ2n) is 4.08. The van der Waals surface area contributed by atoms with Gasteiger partial charge in [-0.2, -0.15) is 17.9 Å². The number of aromatic carboxylic acids is 1. The second kappa shape index (κ2) is 4.81. The fourth-order valence-electron chi connectivity index (χ4n) is 1.36. The molecule has 0 aromatic carbocycles. The quantitative estimate of drug-likeness (QED) is 0.931. The van der Waals surface area contributed by atoms with Crippen LogP contribution in [0.25, 0.3) is 5.13 Å². The summed E-state index contributed by atoms with van der Waals surface area (Å²) in [6.45, 7) is 3.61. The van der Waals surface area contributed by atoms with Gasteiger partial charge in [0.2, 0.25) is 10.8 Å². The van der Waals surface area contributed by atoms with Crippen molar-refractivity contribution in [3.8, 4) is 5.13 Å². The number of nitrogens with zero attached hydrogens (tertiary/aromatic N) is 5. The molecule has 0 saturated carbocycles. The van der Waals surface area contributed by atoms with Gasteiger partial charge in [0.25, 0.3) is 0 Å². The molecule has 2 aromatic heterocycles.